The van der Waals surface area contributed by atoms with Gasteiger partial charge in [0.15, 0.2) is 0 Å². The largest absolute Gasteiger partial charge is 0.338 e. The molecule has 0 aliphatic carbocycles. The second-order valence-electron chi connectivity index (χ2n) is 4.43. The molecule has 6 nitrogen and oxygen atoms in total. The maximum atomic E-state index is 12.3. The van der Waals surface area contributed by atoms with Crippen LogP contribution in [0, 0.1) is 10.1 Å². The zero-order valence-corrected chi connectivity index (χ0v) is 10.2. The number of nitrogens with zero attached hydrogens (tertiary/aromatic N) is 3. The molecule has 0 saturated carbocycles. The van der Waals surface area contributed by atoms with E-state index in [1.54, 1.807) is 30.1 Å². The van der Waals surface area contributed by atoms with Crippen LogP contribution in [0.1, 0.15) is 11.6 Å². The Morgan fingerprint density at radius 2 is 1.95 bits per heavy atom. The number of aromatic nitrogens is 1. The van der Waals surface area contributed by atoms with Crippen LogP contribution in [0.4, 0.5) is 11.4 Å². The molecule has 2 aromatic rings. The van der Waals surface area contributed by atoms with Crippen molar-refractivity contribution >= 4 is 17.3 Å². The summed E-state index contributed by atoms with van der Waals surface area (Å²) >= 11 is 0. The average molecular weight is 257 g/mol. The Bertz CT molecular complexity index is 664. The van der Waals surface area contributed by atoms with Gasteiger partial charge in [-0.05, 0) is 18.2 Å². The molecule has 0 spiro atoms. The lowest BCUT2D eigenvalue weighted by molar-refractivity contribution is -0.384. The van der Waals surface area contributed by atoms with Crippen molar-refractivity contribution in [3.8, 4) is 0 Å². The Balaban J connectivity index is 2.18. The second kappa shape index (κ2) is 3.94. The number of rotatable bonds is 2. The molecule has 0 fully saturated rings. The summed E-state index contributed by atoms with van der Waals surface area (Å²) in [6.45, 7) is 0. The third kappa shape index (κ3) is 1.61. The standard InChI is InChI=1S/C13H11N3O3/c1-14-11-5-4-9(16(18)19)8-10(11)12(13(14)17)15-6-2-3-7-15/h2-8,12H,1H3. The molecule has 0 saturated heterocycles. The van der Waals surface area contributed by atoms with Crippen molar-refractivity contribution in [3.05, 3.63) is 58.4 Å². The Labute approximate surface area is 109 Å². The van der Waals surface area contributed by atoms with Crippen molar-refractivity contribution in [3.63, 3.8) is 0 Å². The van der Waals surface area contributed by atoms with E-state index >= 15 is 0 Å². The maximum absolute atomic E-state index is 12.3. The minimum atomic E-state index is -0.519. The van der Waals surface area contributed by atoms with Crippen molar-refractivity contribution in [2.75, 3.05) is 11.9 Å². The van der Waals surface area contributed by atoms with E-state index in [9.17, 15) is 14.9 Å². The molecule has 1 aliphatic rings. The number of hydrogen-bond donors (Lipinski definition) is 0. The van der Waals surface area contributed by atoms with Gasteiger partial charge >= 0.3 is 0 Å². The van der Waals surface area contributed by atoms with E-state index < -0.39 is 11.0 Å². The van der Waals surface area contributed by atoms with E-state index in [2.05, 4.69) is 0 Å². The summed E-state index contributed by atoms with van der Waals surface area (Å²) in [5, 5.41) is 10.9. The van der Waals surface area contributed by atoms with Gasteiger partial charge in [0.25, 0.3) is 11.6 Å². The van der Waals surface area contributed by atoms with Crippen LogP contribution in [-0.4, -0.2) is 22.4 Å². The SMILES string of the molecule is CN1C(=O)C(n2cccc2)c2cc([N+](=O)[O-])ccc21. The van der Waals surface area contributed by atoms with Crippen LogP contribution in [0.5, 0.6) is 0 Å². The van der Waals surface area contributed by atoms with Crippen LogP contribution in [0.25, 0.3) is 0 Å². The van der Waals surface area contributed by atoms with Gasteiger partial charge in [0.2, 0.25) is 0 Å². The Morgan fingerprint density at radius 1 is 1.26 bits per heavy atom. The smallest absolute Gasteiger partial charge is 0.269 e. The summed E-state index contributed by atoms with van der Waals surface area (Å²) in [4.78, 5) is 24.2. The van der Waals surface area contributed by atoms with Crippen LogP contribution >= 0.6 is 0 Å². The minimum Gasteiger partial charge on any atom is -0.338 e. The highest BCUT2D eigenvalue weighted by molar-refractivity contribution is 6.04. The van der Waals surface area contributed by atoms with Crippen molar-refractivity contribution in [2.45, 2.75) is 6.04 Å². The summed E-state index contributed by atoms with van der Waals surface area (Å²) in [6, 6.07) is 7.64. The first kappa shape index (κ1) is 11.5. The topological polar surface area (TPSA) is 68.4 Å². The molecule has 1 unspecified atom stereocenters. The highest BCUT2D eigenvalue weighted by atomic mass is 16.6. The molecule has 1 aromatic carbocycles. The summed E-state index contributed by atoms with van der Waals surface area (Å²) < 4.78 is 1.76. The van der Waals surface area contributed by atoms with Gasteiger partial charge in [-0.3, -0.25) is 14.9 Å². The molecule has 6 heteroatoms. The summed E-state index contributed by atoms with van der Waals surface area (Å²) in [6.07, 6.45) is 3.56. The van der Waals surface area contributed by atoms with E-state index in [0.717, 1.165) is 0 Å². The molecule has 1 aromatic heterocycles. The molecule has 0 N–H and O–H groups in total. The Kier molecular flexibility index (Phi) is 2.38. The predicted octanol–water partition coefficient (Wildman–Crippen LogP) is 1.96. The molecular weight excluding hydrogens is 246 g/mol. The van der Waals surface area contributed by atoms with Gasteiger partial charge in [0.05, 0.1) is 4.92 Å². The number of benzene rings is 1. The predicted molar refractivity (Wildman–Crippen MR) is 69.1 cm³/mol. The van der Waals surface area contributed by atoms with Gasteiger partial charge in [-0.25, -0.2) is 0 Å². The number of carbonyl (C=O) groups excluding carboxylic acids is 1. The van der Waals surface area contributed by atoms with Gasteiger partial charge in [0.1, 0.15) is 6.04 Å². The quantitative estimate of drug-likeness (QED) is 0.610. The number of non-ortho nitro benzene ring substituents is 1. The summed E-state index contributed by atoms with van der Waals surface area (Å²) in [5.41, 5.74) is 1.38. The van der Waals surface area contributed by atoms with Crippen molar-refractivity contribution < 1.29 is 9.72 Å². The molecule has 1 aliphatic heterocycles. The molecule has 2 heterocycles. The van der Waals surface area contributed by atoms with Gasteiger partial charge in [0, 0.05) is 42.8 Å². The van der Waals surface area contributed by atoms with E-state index in [-0.39, 0.29) is 11.6 Å². The fourth-order valence-corrected chi connectivity index (χ4v) is 2.42. The number of amides is 1. The first-order valence-electron chi connectivity index (χ1n) is 5.78. The number of nitro benzene ring substituents is 1. The molecule has 19 heavy (non-hydrogen) atoms. The van der Waals surface area contributed by atoms with Gasteiger partial charge in [-0.15, -0.1) is 0 Å². The second-order valence-corrected chi connectivity index (χ2v) is 4.43. The lowest BCUT2D eigenvalue weighted by Crippen LogP contribution is -2.26. The molecule has 1 atom stereocenters. The van der Waals surface area contributed by atoms with Gasteiger partial charge in [-0.2, -0.15) is 0 Å². The molecule has 96 valence electrons. The van der Waals surface area contributed by atoms with E-state index in [4.69, 9.17) is 0 Å². The number of carbonyl (C=O) groups is 1. The Morgan fingerprint density at radius 3 is 2.58 bits per heavy atom. The lowest BCUT2D eigenvalue weighted by Gasteiger charge is -2.12. The van der Waals surface area contributed by atoms with Crippen LogP contribution in [0.3, 0.4) is 0 Å². The number of hydrogen-bond acceptors (Lipinski definition) is 3. The first-order chi connectivity index (χ1) is 9.09. The normalized spacial score (nSPS) is 17.6. The maximum Gasteiger partial charge on any atom is 0.269 e. The first-order valence-corrected chi connectivity index (χ1v) is 5.78. The minimum absolute atomic E-state index is 0.000920. The number of anilines is 1. The number of likely N-dealkylation sites (N-methyl/N-ethyl adjacent to an activating group) is 1. The molecule has 1 amide bonds. The summed E-state index contributed by atoms with van der Waals surface area (Å²) in [5.74, 6) is -0.0910. The van der Waals surface area contributed by atoms with Crippen LogP contribution in [-0.2, 0) is 4.79 Å². The number of fused-ring (bicyclic) bond motifs is 1. The third-order valence-electron chi connectivity index (χ3n) is 3.37. The van der Waals surface area contributed by atoms with Crippen LogP contribution in [0.2, 0.25) is 0 Å². The molecule has 0 radical (unpaired) electrons. The van der Waals surface area contributed by atoms with E-state index in [0.29, 0.717) is 11.3 Å². The fraction of sp³-hybridized carbons (Fsp3) is 0.154. The molecule has 3 rings (SSSR count). The van der Waals surface area contributed by atoms with Crippen molar-refractivity contribution in [2.24, 2.45) is 0 Å². The zero-order chi connectivity index (χ0) is 13.6. The highest BCUT2D eigenvalue weighted by Crippen LogP contribution is 2.39. The molecular formula is C13H11N3O3. The van der Waals surface area contributed by atoms with Gasteiger partial charge < -0.3 is 9.47 Å². The fourth-order valence-electron chi connectivity index (χ4n) is 2.42. The van der Waals surface area contributed by atoms with Crippen molar-refractivity contribution in [1.82, 2.24) is 4.57 Å². The van der Waals surface area contributed by atoms with Crippen LogP contribution < -0.4 is 4.90 Å². The molecule has 0 bridgehead atoms. The summed E-state index contributed by atoms with van der Waals surface area (Å²) in [7, 11) is 1.68. The third-order valence-corrected chi connectivity index (χ3v) is 3.37. The average Bonchev–Trinajstić information content (AvgIpc) is 2.98. The van der Waals surface area contributed by atoms with Crippen molar-refractivity contribution in [1.29, 1.82) is 0 Å². The lowest BCUT2D eigenvalue weighted by atomic mass is 10.1. The van der Waals surface area contributed by atoms with Crippen LogP contribution in [0.15, 0.2) is 42.7 Å². The monoisotopic (exact) mass is 257 g/mol. The Hall–Kier alpha value is -2.63. The van der Waals surface area contributed by atoms with E-state index in [1.807, 2.05) is 12.1 Å². The zero-order valence-electron chi connectivity index (χ0n) is 10.2. The number of nitro groups is 1. The highest BCUT2D eigenvalue weighted by Gasteiger charge is 2.37. The van der Waals surface area contributed by atoms with E-state index in [1.165, 1.54) is 17.0 Å². The van der Waals surface area contributed by atoms with Gasteiger partial charge in [-0.1, -0.05) is 0 Å².